The molecule has 0 N–H and O–H groups in total. The zero-order valence-corrected chi connectivity index (χ0v) is 15.6. The van der Waals surface area contributed by atoms with Crippen LogP contribution < -0.4 is 0 Å². The molecule has 1 atom stereocenters. The number of hydrogen-bond acceptors (Lipinski definition) is 4. The van der Waals surface area contributed by atoms with E-state index in [0.717, 1.165) is 32.2 Å². The summed E-state index contributed by atoms with van der Waals surface area (Å²) in [7, 11) is -3.22. The molecule has 4 nitrogen and oxygen atoms in total. The first-order valence-corrected chi connectivity index (χ1v) is 14.5. The lowest BCUT2D eigenvalue weighted by Gasteiger charge is -2.33. The topological polar surface area (TPSA) is 38.8 Å². The lowest BCUT2D eigenvalue weighted by atomic mass is 10.4. The van der Waals surface area contributed by atoms with Gasteiger partial charge in [0.2, 0.25) is 0 Å². The van der Waals surface area contributed by atoms with Crippen LogP contribution in [0.15, 0.2) is 11.1 Å². The Labute approximate surface area is 124 Å². The van der Waals surface area contributed by atoms with Gasteiger partial charge in [-0.05, 0) is 5.20 Å². The quantitative estimate of drug-likeness (QED) is 0.593. The second kappa shape index (κ2) is 5.31. The highest BCUT2D eigenvalue weighted by molar-refractivity contribution is 6.90. The monoisotopic (exact) mass is 313 g/mol. The molecule has 0 aromatic rings. The Morgan fingerprint density at radius 2 is 1.60 bits per heavy atom. The van der Waals surface area contributed by atoms with Crippen molar-refractivity contribution in [2.24, 2.45) is 0 Å². The predicted octanol–water partition coefficient (Wildman–Crippen LogP) is 2.67. The molecule has 2 heterocycles. The van der Waals surface area contributed by atoms with Gasteiger partial charge in [0.05, 0.1) is 34.9 Å². The van der Waals surface area contributed by atoms with E-state index >= 15 is 0 Å². The number of hydrogen-bond donors (Lipinski definition) is 0. The molecule has 0 saturated carbocycles. The molecule has 2 aliphatic heterocycles. The van der Waals surface area contributed by atoms with E-state index in [1.165, 1.54) is 5.20 Å². The summed E-state index contributed by atoms with van der Waals surface area (Å²) in [6.07, 6.45) is 0. The summed E-state index contributed by atoms with van der Waals surface area (Å²) in [5, 5.41) is 1.34. The Kier molecular flexibility index (Phi) is 4.19. The third kappa shape index (κ3) is 3.02. The van der Waals surface area contributed by atoms with Gasteiger partial charge in [-0.1, -0.05) is 39.3 Å². The van der Waals surface area contributed by atoms with Crippen molar-refractivity contribution < 1.29 is 14.3 Å². The number of rotatable bonds is 3. The van der Waals surface area contributed by atoms with Gasteiger partial charge in [-0.2, -0.15) is 0 Å². The Bertz CT molecular complexity index is 429. The van der Waals surface area contributed by atoms with E-state index in [4.69, 9.17) is 9.47 Å². The van der Waals surface area contributed by atoms with E-state index in [2.05, 4.69) is 44.2 Å². The minimum absolute atomic E-state index is 0.0110. The number of carbonyl (C=O) groups excluding carboxylic acids is 1. The van der Waals surface area contributed by atoms with Crippen molar-refractivity contribution in [1.82, 2.24) is 4.90 Å². The molecule has 2 aliphatic rings. The van der Waals surface area contributed by atoms with Crippen LogP contribution in [0.1, 0.15) is 0 Å². The standard InChI is InChI=1S/C14H27NO3Si2/c1-19(2,3)11-12(20(4,5)6)14(16)18-13(11)15-7-9-17-10-8-15/h12H,7-10H2,1-6H3. The Morgan fingerprint density at radius 3 is 2.05 bits per heavy atom. The molecule has 1 fully saturated rings. The van der Waals surface area contributed by atoms with Crippen LogP contribution in [0.4, 0.5) is 0 Å². The summed E-state index contributed by atoms with van der Waals surface area (Å²) in [5.74, 6) is 0.868. The number of morpholine rings is 1. The van der Waals surface area contributed by atoms with Gasteiger partial charge >= 0.3 is 5.97 Å². The van der Waals surface area contributed by atoms with Crippen molar-refractivity contribution in [2.75, 3.05) is 26.3 Å². The predicted molar refractivity (Wildman–Crippen MR) is 86.0 cm³/mol. The number of cyclic esters (lactones) is 1. The molecule has 2 rings (SSSR count). The molecule has 0 aliphatic carbocycles. The van der Waals surface area contributed by atoms with Gasteiger partial charge in [0.1, 0.15) is 0 Å². The number of nitrogens with zero attached hydrogens (tertiary/aromatic N) is 1. The number of ether oxygens (including phenoxy) is 2. The van der Waals surface area contributed by atoms with Gasteiger partial charge < -0.3 is 14.4 Å². The minimum Gasteiger partial charge on any atom is -0.410 e. The Hall–Kier alpha value is -0.596. The van der Waals surface area contributed by atoms with Crippen molar-refractivity contribution in [1.29, 1.82) is 0 Å². The van der Waals surface area contributed by atoms with Crippen LogP contribution in [0.25, 0.3) is 0 Å². The normalized spacial score (nSPS) is 25.2. The molecule has 114 valence electrons. The lowest BCUT2D eigenvalue weighted by molar-refractivity contribution is -0.139. The summed E-state index contributed by atoms with van der Waals surface area (Å²) in [4.78, 5) is 14.7. The molecular weight excluding hydrogens is 286 g/mol. The van der Waals surface area contributed by atoms with Crippen molar-refractivity contribution in [3.05, 3.63) is 11.1 Å². The van der Waals surface area contributed by atoms with Crippen LogP contribution in [-0.2, 0) is 14.3 Å². The fourth-order valence-electron chi connectivity index (χ4n) is 2.99. The zero-order chi connectivity index (χ0) is 15.1. The summed E-state index contributed by atoms with van der Waals surface area (Å²) >= 11 is 0. The van der Waals surface area contributed by atoms with Crippen molar-refractivity contribution in [3.8, 4) is 0 Å². The summed E-state index contributed by atoms with van der Waals surface area (Å²) in [6.45, 7) is 16.8. The lowest BCUT2D eigenvalue weighted by Crippen LogP contribution is -2.41. The second-order valence-electron chi connectivity index (χ2n) is 7.79. The first-order valence-electron chi connectivity index (χ1n) is 7.41. The second-order valence-corrected chi connectivity index (χ2v) is 18.1. The van der Waals surface area contributed by atoms with Crippen LogP contribution in [0.3, 0.4) is 0 Å². The molecular formula is C14H27NO3Si2. The van der Waals surface area contributed by atoms with E-state index < -0.39 is 16.1 Å². The third-order valence-electron chi connectivity index (χ3n) is 3.92. The molecule has 20 heavy (non-hydrogen) atoms. The smallest absolute Gasteiger partial charge is 0.316 e. The average molecular weight is 314 g/mol. The van der Waals surface area contributed by atoms with E-state index in [9.17, 15) is 4.79 Å². The zero-order valence-electron chi connectivity index (χ0n) is 13.6. The fraction of sp³-hybridized carbons (Fsp3) is 0.786. The highest BCUT2D eigenvalue weighted by Gasteiger charge is 2.49. The fourth-order valence-corrected chi connectivity index (χ4v) is 9.18. The van der Waals surface area contributed by atoms with Crippen LogP contribution in [0, 0.1) is 0 Å². The summed E-state index contributed by atoms with van der Waals surface area (Å²) in [5.41, 5.74) is 0.0343. The van der Waals surface area contributed by atoms with Crippen molar-refractivity contribution >= 4 is 22.1 Å². The maximum Gasteiger partial charge on any atom is 0.316 e. The largest absolute Gasteiger partial charge is 0.410 e. The summed E-state index contributed by atoms with van der Waals surface area (Å²) < 4.78 is 11.2. The van der Waals surface area contributed by atoms with Gasteiger partial charge in [0.15, 0.2) is 5.88 Å². The van der Waals surface area contributed by atoms with Gasteiger partial charge in [-0.15, -0.1) is 0 Å². The highest BCUT2D eigenvalue weighted by atomic mass is 28.3. The molecule has 6 heteroatoms. The van der Waals surface area contributed by atoms with Gasteiger partial charge in [-0.25, -0.2) is 0 Å². The first kappa shape index (κ1) is 15.8. The van der Waals surface area contributed by atoms with E-state index in [-0.39, 0.29) is 11.5 Å². The van der Waals surface area contributed by atoms with Crippen molar-refractivity contribution in [3.63, 3.8) is 0 Å². The average Bonchev–Trinajstić information content (AvgIpc) is 2.67. The number of esters is 1. The van der Waals surface area contributed by atoms with Crippen LogP contribution in [-0.4, -0.2) is 53.3 Å². The SMILES string of the molecule is C[Si](C)(C)C1=C(N2CCOCC2)OC(=O)C1[Si](C)(C)C. The van der Waals surface area contributed by atoms with Crippen molar-refractivity contribution in [2.45, 2.75) is 44.8 Å². The Morgan fingerprint density at radius 1 is 1.05 bits per heavy atom. The molecule has 0 aromatic carbocycles. The maximum atomic E-state index is 12.5. The molecule has 1 unspecified atom stereocenters. The van der Waals surface area contributed by atoms with Crippen LogP contribution >= 0.6 is 0 Å². The van der Waals surface area contributed by atoms with E-state index in [1.807, 2.05) is 0 Å². The van der Waals surface area contributed by atoms with E-state index in [0.29, 0.717) is 0 Å². The minimum atomic E-state index is -1.62. The summed E-state index contributed by atoms with van der Waals surface area (Å²) in [6, 6.07) is 0. The highest BCUT2D eigenvalue weighted by Crippen LogP contribution is 2.44. The molecule has 0 bridgehead atoms. The molecule has 0 amide bonds. The first-order chi connectivity index (χ1) is 9.12. The maximum absolute atomic E-state index is 12.5. The number of carbonyl (C=O) groups is 1. The molecule has 1 saturated heterocycles. The van der Waals surface area contributed by atoms with Gasteiger partial charge in [0, 0.05) is 13.1 Å². The van der Waals surface area contributed by atoms with Crippen LogP contribution in [0.5, 0.6) is 0 Å². The van der Waals surface area contributed by atoms with Gasteiger partial charge in [-0.3, -0.25) is 4.79 Å². The van der Waals surface area contributed by atoms with Gasteiger partial charge in [0.25, 0.3) is 0 Å². The van der Waals surface area contributed by atoms with E-state index in [1.54, 1.807) is 0 Å². The Balaban J connectivity index is 2.45. The molecule has 0 spiro atoms. The molecule has 0 radical (unpaired) electrons. The third-order valence-corrected chi connectivity index (χ3v) is 8.59. The van der Waals surface area contributed by atoms with Crippen LogP contribution in [0.2, 0.25) is 44.8 Å². The molecule has 0 aromatic heterocycles.